The van der Waals surface area contributed by atoms with E-state index in [-0.39, 0.29) is 17.9 Å². The molecule has 1 rings (SSSR count). The Balaban J connectivity index is 3.15. The molecule has 0 amide bonds. The number of halogens is 1. The van der Waals surface area contributed by atoms with E-state index in [1.165, 1.54) is 12.1 Å². The Morgan fingerprint density at radius 2 is 2.21 bits per heavy atom. The van der Waals surface area contributed by atoms with E-state index < -0.39 is 27.4 Å². The van der Waals surface area contributed by atoms with Gasteiger partial charge in [-0.25, -0.2) is 17.5 Å². The second-order valence-electron chi connectivity index (χ2n) is 3.96. The molecule has 0 aliphatic heterocycles. The van der Waals surface area contributed by atoms with Crippen LogP contribution in [0.3, 0.4) is 0 Å². The first-order valence-electron chi connectivity index (χ1n) is 5.78. The number of nitriles is 1. The van der Waals surface area contributed by atoms with Gasteiger partial charge in [-0.15, -0.1) is 0 Å². The molecule has 5 nitrogen and oxygen atoms in total. The number of nitrogens with one attached hydrogen (secondary N) is 1. The monoisotopic (exact) mass is 286 g/mol. The van der Waals surface area contributed by atoms with Crippen LogP contribution in [0.15, 0.2) is 23.1 Å². The summed E-state index contributed by atoms with van der Waals surface area (Å²) < 4.78 is 39.9. The van der Waals surface area contributed by atoms with Crippen molar-refractivity contribution in [2.75, 3.05) is 6.61 Å². The highest BCUT2D eigenvalue weighted by molar-refractivity contribution is 7.89. The quantitative estimate of drug-likeness (QED) is 0.820. The minimum atomic E-state index is -3.98. The molecular formula is C12H15FN2O3S. The summed E-state index contributed by atoms with van der Waals surface area (Å²) in [5.41, 5.74) is -0.506. The summed E-state index contributed by atoms with van der Waals surface area (Å²) in [6, 6.07) is 4.54. The predicted molar refractivity (Wildman–Crippen MR) is 67.2 cm³/mol. The largest absolute Gasteiger partial charge is 0.396 e. The van der Waals surface area contributed by atoms with E-state index >= 15 is 0 Å². The van der Waals surface area contributed by atoms with Gasteiger partial charge in [0.05, 0.1) is 0 Å². The molecule has 7 heteroatoms. The van der Waals surface area contributed by atoms with E-state index in [4.69, 9.17) is 10.4 Å². The maximum absolute atomic E-state index is 13.4. The molecule has 0 heterocycles. The van der Waals surface area contributed by atoms with Crippen molar-refractivity contribution in [2.24, 2.45) is 0 Å². The number of benzene rings is 1. The normalized spacial score (nSPS) is 12.9. The average molecular weight is 286 g/mol. The molecule has 1 aromatic rings. The molecule has 1 unspecified atom stereocenters. The first kappa shape index (κ1) is 15.6. The van der Waals surface area contributed by atoms with Crippen molar-refractivity contribution in [3.63, 3.8) is 0 Å². The molecule has 0 spiro atoms. The van der Waals surface area contributed by atoms with E-state index in [0.29, 0.717) is 6.42 Å². The lowest BCUT2D eigenvalue weighted by Gasteiger charge is -2.16. The lowest BCUT2D eigenvalue weighted by Crippen LogP contribution is -2.35. The number of hydrogen-bond donors (Lipinski definition) is 2. The molecule has 104 valence electrons. The van der Waals surface area contributed by atoms with Gasteiger partial charge in [0.15, 0.2) is 0 Å². The molecule has 0 saturated heterocycles. The summed E-state index contributed by atoms with van der Waals surface area (Å²) in [6.07, 6.45) is 0.740. The molecule has 1 atom stereocenters. The first-order chi connectivity index (χ1) is 8.96. The van der Waals surface area contributed by atoms with Crippen LogP contribution in [-0.2, 0) is 10.0 Å². The van der Waals surface area contributed by atoms with Gasteiger partial charge in [0.25, 0.3) is 0 Å². The fourth-order valence-corrected chi connectivity index (χ4v) is 3.14. The van der Waals surface area contributed by atoms with Crippen LogP contribution in [-0.4, -0.2) is 26.2 Å². The molecular weight excluding hydrogens is 271 g/mol. The summed E-state index contributed by atoms with van der Waals surface area (Å²) in [5.74, 6) is -0.874. The molecule has 0 aromatic heterocycles. The van der Waals surface area contributed by atoms with Crippen LogP contribution in [0.5, 0.6) is 0 Å². The van der Waals surface area contributed by atoms with Crippen LogP contribution < -0.4 is 4.72 Å². The zero-order chi connectivity index (χ0) is 14.5. The van der Waals surface area contributed by atoms with Crippen LogP contribution >= 0.6 is 0 Å². The molecule has 1 aromatic carbocycles. The van der Waals surface area contributed by atoms with E-state index in [9.17, 15) is 12.8 Å². The van der Waals surface area contributed by atoms with Crippen molar-refractivity contribution >= 4 is 10.0 Å². The van der Waals surface area contributed by atoms with Crippen molar-refractivity contribution in [1.29, 1.82) is 5.26 Å². The summed E-state index contributed by atoms with van der Waals surface area (Å²) in [6.45, 7) is 1.61. The standard InChI is InChI=1S/C12H15FN2O3S/c1-2-9(6-7-16)15-19(17,18)12-5-3-4-11(13)10(12)8-14/h3-5,9,15-16H,2,6-7H2,1H3. The summed E-state index contributed by atoms with van der Waals surface area (Å²) in [4.78, 5) is -0.383. The number of aliphatic hydroxyl groups excluding tert-OH is 1. The van der Waals surface area contributed by atoms with Gasteiger partial charge >= 0.3 is 0 Å². The molecule has 0 aliphatic rings. The molecule has 2 N–H and O–H groups in total. The Labute approximate surface area is 111 Å². The smallest absolute Gasteiger partial charge is 0.242 e. The Morgan fingerprint density at radius 3 is 2.74 bits per heavy atom. The van der Waals surface area contributed by atoms with Gasteiger partial charge < -0.3 is 5.11 Å². The second-order valence-corrected chi connectivity index (χ2v) is 5.65. The van der Waals surface area contributed by atoms with Gasteiger partial charge in [-0.05, 0) is 25.0 Å². The van der Waals surface area contributed by atoms with Crippen molar-refractivity contribution in [2.45, 2.75) is 30.7 Å². The Morgan fingerprint density at radius 1 is 1.53 bits per heavy atom. The summed E-state index contributed by atoms with van der Waals surface area (Å²) in [7, 11) is -3.98. The molecule has 19 heavy (non-hydrogen) atoms. The fraction of sp³-hybridized carbons (Fsp3) is 0.417. The van der Waals surface area contributed by atoms with Crippen molar-refractivity contribution in [3.8, 4) is 6.07 Å². The molecule has 0 saturated carbocycles. The van der Waals surface area contributed by atoms with Gasteiger partial charge in [0.1, 0.15) is 22.3 Å². The number of rotatable bonds is 6. The third-order valence-corrected chi connectivity index (χ3v) is 4.23. The second kappa shape index (κ2) is 6.61. The Bertz CT molecular complexity index is 581. The summed E-state index contributed by atoms with van der Waals surface area (Å²) >= 11 is 0. The minimum Gasteiger partial charge on any atom is -0.396 e. The molecule has 0 aliphatic carbocycles. The summed E-state index contributed by atoms with van der Waals surface area (Å²) in [5, 5.41) is 17.7. The Hall–Kier alpha value is -1.49. The number of hydrogen-bond acceptors (Lipinski definition) is 4. The van der Waals surface area contributed by atoms with Crippen LogP contribution in [0.1, 0.15) is 25.3 Å². The predicted octanol–water partition coefficient (Wildman–Crippen LogP) is 1.14. The lowest BCUT2D eigenvalue weighted by atomic mass is 10.2. The fourth-order valence-electron chi connectivity index (χ4n) is 1.62. The zero-order valence-electron chi connectivity index (χ0n) is 10.4. The average Bonchev–Trinajstić information content (AvgIpc) is 2.37. The van der Waals surface area contributed by atoms with E-state index in [1.807, 2.05) is 0 Å². The third-order valence-electron chi connectivity index (χ3n) is 2.67. The van der Waals surface area contributed by atoms with Crippen molar-refractivity contribution in [1.82, 2.24) is 4.72 Å². The molecule has 0 radical (unpaired) electrons. The van der Waals surface area contributed by atoms with E-state index in [2.05, 4.69) is 4.72 Å². The van der Waals surface area contributed by atoms with Gasteiger partial charge in [0.2, 0.25) is 10.0 Å². The number of sulfonamides is 1. The van der Waals surface area contributed by atoms with Gasteiger partial charge in [-0.3, -0.25) is 0 Å². The van der Waals surface area contributed by atoms with Crippen LogP contribution in [0.2, 0.25) is 0 Å². The van der Waals surface area contributed by atoms with Gasteiger partial charge in [-0.1, -0.05) is 13.0 Å². The maximum atomic E-state index is 13.4. The SMILES string of the molecule is CCC(CCO)NS(=O)(=O)c1cccc(F)c1C#N. The van der Waals surface area contributed by atoms with Gasteiger partial charge in [0, 0.05) is 12.6 Å². The first-order valence-corrected chi connectivity index (χ1v) is 7.26. The van der Waals surface area contributed by atoms with Crippen LogP contribution in [0.25, 0.3) is 0 Å². The van der Waals surface area contributed by atoms with E-state index in [1.54, 1.807) is 13.0 Å². The number of aliphatic hydroxyl groups is 1. The Kier molecular flexibility index (Phi) is 5.42. The molecule has 0 bridgehead atoms. The lowest BCUT2D eigenvalue weighted by molar-refractivity contribution is 0.270. The topological polar surface area (TPSA) is 90.2 Å². The zero-order valence-corrected chi connectivity index (χ0v) is 11.2. The molecule has 0 fully saturated rings. The highest BCUT2D eigenvalue weighted by atomic mass is 32.2. The number of nitrogens with zero attached hydrogens (tertiary/aromatic N) is 1. The minimum absolute atomic E-state index is 0.157. The van der Waals surface area contributed by atoms with E-state index in [0.717, 1.165) is 6.07 Å². The van der Waals surface area contributed by atoms with Gasteiger partial charge in [-0.2, -0.15) is 5.26 Å². The highest BCUT2D eigenvalue weighted by Crippen LogP contribution is 2.18. The van der Waals surface area contributed by atoms with Crippen LogP contribution in [0.4, 0.5) is 4.39 Å². The third kappa shape index (κ3) is 3.73. The van der Waals surface area contributed by atoms with Crippen molar-refractivity contribution in [3.05, 3.63) is 29.6 Å². The van der Waals surface area contributed by atoms with Crippen LogP contribution in [0, 0.1) is 17.1 Å². The highest BCUT2D eigenvalue weighted by Gasteiger charge is 2.23. The van der Waals surface area contributed by atoms with Crippen molar-refractivity contribution < 1.29 is 17.9 Å². The maximum Gasteiger partial charge on any atom is 0.242 e.